The smallest absolute Gasteiger partial charge is 0.0862 e. The van der Waals surface area contributed by atoms with E-state index in [1.807, 2.05) is 13.1 Å². The quantitative estimate of drug-likeness (QED) is 0.799. The molecular formula is C11H15ClN2O. The van der Waals surface area contributed by atoms with Crippen molar-refractivity contribution in [1.29, 1.82) is 0 Å². The summed E-state index contributed by atoms with van der Waals surface area (Å²) in [6.07, 6.45) is 7.20. The van der Waals surface area contributed by atoms with Crippen molar-refractivity contribution in [2.24, 2.45) is 7.05 Å². The van der Waals surface area contributed by atoms with E-state index in [1.54, 1.807) is 10.9 Å². The van der Waals surface area contributed by atoms with Gasteiger partial charge in [0.1, 0.15) is 0 Å². The maximum Gasteiger partial charge on any atom is 0.0862 e. The fraction of sp³-hybridized carbons (Fsp3) is 0.545. The Morgan fingerprint density at radius 1 is 1.53 bits per heavy atom. The number of aryl methyl sites for hydroxylation is 1. The number of rotatable bonds is 1. The van der Waals surface area contributed by atoms with E-state index in [-0.39, 0.29) is 6.10 Å². The van der Waals surface area contributed by atoms with Crippen molar-refractivity contribution < 1.29 is 5.11 Å². The number of aliphatic hydroxyl groups excluding tert-OH is 1. The molecule has 0 bridgehead atoms. The molecule has 1 atom stereocenters. The van der Waals surface area contributed by atoms with Gasteiger partial charge in [0.05, 0.1) is 23.0 Å². The molecule has 1 heterocycles. The molecule has 1 aliphatic rings. The van der Waals surface area contributed by atoms with Crippen LogP contribution in [0.3, 0.4) is 0 Å². The van der Waals surface area contributed by atoms with Crippen molar-refractivity contribution in [3.05, 3.63) is 23.0 Å². The van der Waals surface area contributed by atoms with Gasteiger partial charge in [-0.3, -0.25) is 4.68 Å². The number of aliphatic hydroxyl groups is 1. The van der Waals surface area contributed by atoms with Crippen molar-refractivity contribution in [3.63, 3.8) is 0 Å². The van der Waals surface area contributed by atoms with Crippen LogP contribution in [0.1, 0.15) is 31.4 Å². The minimum atomic E-state index is -0.339. The van der Waals surface area contributed by atoms with Crippen LogP contribution in [0, 0.1) is 0 Å². The molecule has 0 saturated carbocycles. The molecule has 82 valence electrons. The second-order valence-corrected chi connectivity index (χ2v) is 4.38. The Morgan fingerprint density at radius 3 is 3.00 bits per heavy atom. The number of hydrogen-bond donors (Lipinski definition) is 1. The molecule has 4 heteroatoms. The average molecular weight is 227 g/mol. The van der Waals surface area contributed by atoms with Gasteiger partial charge < -0.3 is 5.11 Å². The highest BCUT2D eigenvalue weighted by Crippen LogP contribution is 2.30. The molecule has 0 saturated heterocycles. The number of nitrogens with zero attached hydrogens (tertiary/aromatic N) is 2. The van der Waals surface area contributed by atoms with Gasteiger partial charge in [0.25, 0.3) is 0 Å². The summed E-state index contributed by atoms with van der Waals surface area (Å²) in [5, 5.41) is 14.5. The lowest BCUT2D eigenvalue weighted by molar-refractivity contribution is 0.211. The molecular weight excluding hydrogens is 212 g/mol. The lowest BCUT2D eigenvalue weighted by Gasteiger charge is -2.07. The predicted octanol–water partition coefficient (Wildman–Crippen LogP) is 2.39. The maximum absolute atomic E-state index is 9.69. The Bertz CT molecular complexity index is 364. The van der Waals surface area contributed by atoms with Crippen LogP contribution < -0.4 is 0 Å². The van der Waals surface area contributed by atoms with Crippen molar-refractivity contribution >= 4 is 17.2 Å². The van der Waals surface area contributed by atoms with Crippen LogP contribution in [-0.4, -0.2) is 21.0 Å². The first-order chi connectivity index (χ1) is 7.18. The zero-order valence-corrected chi connectivity index (χ0v) is 9.54. The molecule has 1 aromatic rings. The maximum atomic E-state index is 9.69. The third-order valence-corrected chi connectivity index (χ3v) is 3.06. The summed E-state index contributed by atoms with van der Waals surface area (Å²) in [5.41, 5.74) is 2.06. The Kier molecular flexibility index (Phi) is 3.12. The predicted molar refractivity (Wildman–Crippen MR) is 60.7 cm³/mol. The van der Waals surface area contributed by atoms with Gasteiger partial charge >= 0.3 is 0 Å². The van der Waals surface area contributed by atoms with E-state index in [0.717, 1.165) is 37.0 Å². The van der Waals surface area contributed by atoms with Crippen molar-refractivity contribution in [2.75, 3.05) is 0 Å². The van der Waals surface area contributed by atoms with E-state index in [2.05, 4.69) is 5.10 Å². The average Bonchev–Trinajstić information content (AvgIpc) is 2.40. The standard InChI is InChI=1S/C11H15ClN2O/c1-14-11(10(12)7-13-14)8-4-2-3-5-9(15)6-8/h6-7,9,15H,2-5H2,1H3. The highest BCUT2D eigenvalue weighted by molar-refractivity contribution is 6.32. The summed E-state index contributed by atoms with van der Waals surface area (Å²) < 4.78 is 1.77. The number of aromatic nitrogens is 2. The molecule has 1 N–H and O–H groups in total. The summed E-state index contributed by atoms with van der Waals surface area (Å²) in [4.78, 5) is 0. The molecule has 1 unspecified atom stereocenters. The number of halogens is 1. The normalized spacial score (nSPS) is 22.3. The molecule has 3 nitrogen and oxygen atoms in total. The Hall–Kier alpha value is -0.800. The summed E-state index contributed by atoms with van der Waals surface area (Å²) >= 11 is 6.07. The van der Waals surface area contributed by atoms with Gasteiger partial charge in [0, 0.05) is 7.05 Å². The first kappa shape index (κ1) is 10.7. The third kappa shape index (κ3) is 2.24. The van der Waals surface area contributed by atoms with Crippen molar-refractivity contribution in [3.8, 4) is 0 Å². The molecule has 15 heavy (non-hydrogen) atoms. The van der Waals surface area contributed by atoms with Crippen LogP contribution in [0.4, 0.5) is 0 Å². The summed E-state index contributed by atoms with van der Waals surface area (Å²) in [7, 11) is 1.87. The zero-order valence-electron chi connectivity index (χ0n) is 8.78. The Balaban J connectivity index is 2.36. The lowest BCUT2D eigenvalue weighted by atomic mass is 10.1. The molecule has 0 radical (unpaired) electrons. The fourth-order valence-corrected chi connectivity index (χ4v) is 2.32. The van der Waals surface area contributed by atoms with Gasteiger partial charge in [-0.05, 0) is 24.8 Å². The first-order valence-electron chi connectivity index (χ1n) is 5.25. The molecule has 0 aliphatic heterocycles. The van der Waals surface area contributed by atoms with Gasteiger partial charge in [-0.15, -0.1) is 0 Å². The second-order valence-electron chi connectivity index (χ2n) is 3.97. The highest BCUT2D eigenvalue weighted by atomic mass is 35.5. The Labute approximate surface area is 94.4 Å². The van der Waals surface area contributed by atoms with Crippen molar-refractivity contribution in [1.82, 2.24) is 9.78 Å². The fourth-order valence-electron chi connectivity index (χ4n) is 2.04. The largest absolute Gasteiger partial charge is 0.389 e. The van der Waals surface area contributed by atoms with Crippen LogP contribution in [0.5, 0.6) is 0 Å². The molecule has 1 aromatic heterocycles. The molecule has 0 spiro atoms. The molecule has 0 amide bonds. The molecule has 1 aliphatic carbocycles. The summed E-state index contributed by atoms with van der Waals surface area (Å²) in [5.74, 6) is 0. The Morgan fingerprint density at radius 2 is 2.33 bits per heavy atom. The molecule has 0 fully saturated rings. The van der Waals surface area contributed by atoms with Crippen LogP contribution >= 0.6 is 11.6 Å². The molecule has 2 rings (SSSR count). The number of allylic oxidation sites excluding steroid dienone is 1. The first-order valence-corrected chi connectivity index (χ1v) is 5.63. The van der Waals surface area contributed by atoms with Crippen LogP contribution in [0.15, 0.2) is 12.3 Å². The second kappa shape index (κ2) is 4.37. The zero-order chi connectivity index (χ0) is 10.8. The number of hydrogen-bond acceptors (Lipinski definition) is 2. The van der Waals surface area contributed by atoms with Crippen LogP contribution in [0.25, 0.3) is 5.57 Å². The highest BCUT2D eigenvalue weighted by Gasteiger charge is 2.16. The minimum Gasteiger partial charge on any atom is -0.389 e. The summed E-state index contributed by atoms with van der Waals surface area (Å²) in [6, 6.07) is 0. The van der Waals surface area contributed by atoms with Gasteiger partial charge in [-0.25, -0.2) is 0 Å². The van der Waals surface area contributed by atoms with E-state index in [4.69, 9.17) is 11.6 Å². The SMILES string of the molecule is Cn1ncc(Cl)c1C1=CC(O)CCCC1. The molecule has 0 aromatic carbocycles. The van der Waals surface area contributed by atoms with Gasteiger partial charge in [0.15, 0.2) is 0 Å². The minimum absolute atomic E-state index is 0.339. The third-order valence-electron chi connectivity index (χ3n) is 2.79. The van der Waals surface area contributed by atoms with Crippen molar-refractivity contribution in [2.45, 2.75) is 31.8 Å². The van der Waals surface area contributed by atoms with E-state index < -0.39 is 0 Å². The van der Waals surface area contributed by atoms with E-state index >= 15 is 0 Å². The van der Waals surface area contributed by atoms with E-state index in [1.165, 1.54) is 0 Å². The lowest BCUT2D eigenvalue weighted by Crippen LogP contribution is -2.02. The van der Waals surface area contributed by atoms with E-state index in [9.17, 15) is 5.11 Å². The van der Waals surface area contributed by atoms with Crippen LogP contribution in [0.2, 0.25) is 5.02 Å². The van der Waals surface area contributed by atoms with Gasteiger partial charge in [0.2, 0.25) is 0 Å². The van der Waals surface area contributed by atoms with Gasteiger partial charge in [-0.1, -0.05) is 24.1 Å². The summed E-state index contributed by atoms with van der Waals surface area (Å²) in [6.45, 7) is 0. The topological polar surface area (TPSA) is 38.0 Å². The van der Waals surface area contributed by atoms with Crippen LogP contribution in [-0.2, 0) is 7.05 Å². The van der Waals surface area contributed by atoms with E-state index in [0.29, 0.717) is 5.02 Å². The monoisotopic (exact) mass is 226 g/mol. The van der Waals surface area contributed by atoms with Gasteiger partial charge in [-0.2, -0.15) is 5.10 Å².